The zero-order valence-corrected chi connectivity index (χ0v) is 9.88. The van der Waals surface area contributed by atoms with Crippen LogP contribution in [0.15, 0.2) is 36.7 Å². The first kappa shape index (κ1) is 11.3. The van der Waals surface area contributed by atoms with Crippen LogP contribution in [0.3, 0.4) is 0 Å². The molecule has 3 nitrogen and oxygen atoms in total. The molecule has 3 heteroatoms. The lowest BCUT2D eigenvalue weighted by Gasteiger charge is -2.12. The molecule has 0 saturated carbocycles. The van der Waals surface area contributed by atoms with E-state index < -0.39 is 0 Å². The molecular weight excluding hydrogens is 210 g/mol. The molecule has 1 aromatic heterocycles. The number of nitriles is 1. The van der Waals surface area contributed by atoms with Crippen LogP contribution in [-0.4, -0.2) is 9.97 Å². The van der Waals surface area contributed by atoms with Crippen molar-refractivity contribution in [2.75, 3.05) is 0 Å². The average molecular weight is 223 g/mol. The van der Waals surface area contributed by atoms with Crippen LogP contribution in [0.5, 0.6) is 0 Å². The maximum atomic E-state index is 9.15. The zero-order chi connectivity index (χ0) is 12.3. The van der Waals surface area contributed by atoms with Crippen LogP contribution in [0, 0.1) is 18.3 Å². The quantitative estimate of drug-likeness (QED) is 0.786. The molecule has 0 aliphatic carbocycles. The van der Waals surface area contributed by atoms with Crippen LogP contribution in [0.4, 0.5) is 0 Å². The summed E-state index contributed by atoms with van der Waals surface area (Å²) in [7, 11) is 0. The highest BCUT2D eigenvalue weighted by Crippen LogP contribution is 2.24. The van der Waals surface area contributed by atoms with Crippen molar-refractivity contribution in [3.8, 4) is 6.07 Å². The minimum absolute atomic E-state index is 0.0337. The van der Waals surface area contributed by atoms with Crippen molar-refractivity contribution in [3.63, 3.8) is 0 Å². The molecule has 1 heterocycles. The van der Waals surface area contributed by atoms with Crippen molar-refractivity contribution >= 4 is 0 Å². The second-order valence-corrected chi connectivity index (χ2v) is 4.03. The van der Waals surface area contributed by atoms with Crippen LogP contribution >= 0.6 is 0 Å². The third kappa shape index (κ3) is 2.31. The summed E-state index contributed by atoms with van der Waals surface area (Å²) in [5.74, 6) is 0.777. The van der Waals surface area contributed by atoms with Gasteiger partial charge in [-0.15, -0.1) is 0 Å². The van der Waals surface area contributed by atoms with Gasteiger partial charge in [-0.05, 0) is 30.2 Å². The van der Waals surface area contributed by atoms with Crippen molar-refractivity contribution in [2.45, 2.75) is 19.8 Å². The molecular formula is C14H13N3. The van der Waals surface area contributed by atoms with Crippen molar-refractivity contribution in [1.29, 1.82) is 5.26 Å². The Labute approximate surface area is 101 Å². The van der Waals surface area contributed by atoms with E-state index in [-0.39, 0.29) is 5.92 Å². The fourth-order valence-corrected chi connectivity index (χ4v) is 1.82. The summed E-state index contributed by atoms with van der Waals surface area (Å²) in [5, 5.41) is 9.15. The Morgan fingerprint density at radius 3 is 2.59 bits per heavy atom. The summed E-state index contributed by atoms with van der Waals surface area (Å²) >= 11 is 0. The third-order valence-corrected chi connectivity index (χ3v) is 2.77. The van der Waals surface area contributed by atoms with Crippen molar-refractivity contribution in [3.05, 3.63) is 59.2 Å². The van der Waals surface area contributed by atoms with Crippen LogP contribution in [0.25, 0.3) is 0 Å². The average Bonchev–Trinajstić information content (AvgIpc) is 2.39. The molecule has 0 aliphatic rings. The maximum absolute atomic E-state index is 9.15. The van der Waals surface area contributed by atoms with Gasteiger partial charge in [-0.2, -0.15) is 5.26 Å². The summed E-state index contributed by atoms with van der Waals surface area (Å²) < 4.78 is 0. The van der Waals surface area contributed by atoms with Crippen molar-refractivity contribution in [2.24, 2.45) is 0 Å². The van der Waals surface area contributed by atoms with Crippen molar-refractivity contribution in [1.82, 2.24) is 9.97 Å². The number of benzene rings is 1. The van der Waals surface area contributed by atoms with E-state index in [9.17, 15) is 0 Å². The number of aromatic nitrogens is 2. The van der Waals surface area contributed by atoms with Crippen LogP contribution in [-0.2, 0) is 0 Å². The van der Waals surface area contributed by atoms with Gasteiger partial charge < -0.3 is 0 Å². The summed E-state index contributed by atoms with van der Waals surface area (Å²) in [6.07, 6.45) is 3.44. The molecule has 0 aliphatic heterocycles. The Morgan fingerprint density at radius 1 is 1.24 bits per heavy atom. The molecule has 2 rings (SSSR count). The summed E-state index contributed by atoms with van der Waals surface area (Å²) in [4.78, 5) is 8.46. The van der Waals surface area contributed by atoms with Crippen LogP contribution in [0.2, 0.25) is 0 Å². The summed E-state index contributed by atoms with van der Waals surface area (Å²) in [6, 6.07) is 9.91. The van der Waals surface area contributed by atoms with E-state index in [4.69, 9.17) is 5.26 Å². The number of rotatable bonds is 2. The molecule has 0 bridgehead atoms. The van der Waals surface area contributed by atoms with Gasteiger partial charge in [0.15, 0.2) is 0 Å². The van der Waals surface area contributed by atoms with Crippen molar-refractivity contribution < 1.29 is 0 Å². The predicted octanol–water partition coefficient (Wildman–Crippen LogP) is 2.81. The lowest BCUT2D eigenvalue weighted by molar-refractivity contribution is 0.812. The standard InChI is InChI=1S/C14H13N3/c1-10-4-5-13(12(8-10)9-15)11(2)14-16-6-3-7-17-14/h3-8,11H,1-2H3. The number of nitrogens with zero attached hydrogens (tertiary/aromatic N) is 3. The first-order chi connectivity index (χ1) is 8.22. The highest BCUT2D eigenvalue weighted by molar-refractivity contribution is 5.43. The minimum atomic E-state index is 0.0337. The minimum Gasteiger partial charge on any atom is -0.241 e. The molecule has 17 heavy (non-hydrogen) atoms. The molecule has 0 saturated heterocycles. The van der Waals surface area contributed by atoms with Gasteiger partial charge in [0.2, 0.25) is 0 Å². The molecule has 0 spiro atoms. The first-order valence-electron chi connectivity index (χ1n) is 5.50. The van der Waals surface area contributed by atoms with Gasteiger partial charge in [-0.25, -0.2) is 9.97 Å². The Kier molecular flexibility index (Phi) is 3.15. The molecule has 1 aromatic carbocycles. The van der Waals surface area contributed by atoms with Gasteiger partial charge in [0.25, 0.3) is 0 Å². The van der Waals surface area contributed by atoms with E-state index >= 15 is 0 Å². The molecule has 1 unspecified atom stereocenters. The maximum Gasteiger partial charge on any atom is 0.135 e. The van der Waals surface area contributed by atoms with Gasteiger partial charge in [-0.3, -0.25) is 0 Å². The highest BCUT2D eigenvalue weighted by Gasteiger charge is 2.14. The normalized spacial score (nSPS) is 11.8. The second kappa shape index (κ2) is 4.75. The Morgan fingerprint density at radius 2 is 1.94 bits per heavy atom. The summed E-state index contributed by atoms with van der Waals surface area (Å²) in [6.45, 7) is 4.00. The molecule has 1 atom stereocenters. The Balaban J connectivity index is 2.45. The largest absolute Gasteiger partial charge is 0.241 e. The second-order valence-electron chi connectivity index (χ2n) is 4.03. The molecule has 0 radical (unpaired) electrons. The predicted molar refractivity (Wildman–Crippen MR) is 65.4 cm³/mol. The molecule has 0 fully saturated rings. The van der Waals surface area contributed by atoms with Gasteiger partial charge in [0.1, 0.15) is 5.82 Å². The third-order valence-electron chi connectivity index (χ3n) is 2.77. The monoisotopic (exact) mass is 223 g/mol. The van der Waals surface area contributed by atoms with E-state index in [2.05, 4.69) is 16.0 Å². The van der Waals surface area contributed by atoms with E-state index in [1.54, 1.807) is 18.5 Å². The smallest absolute Gasteiger partial charge is 0.135 e. The van der Waals surface area contributed by atoms with E-state index in [0.717, 1.165) is 17.0 Å². The number of hydrogen-bond acceptors (Lipinski definition) is 3. The van der Waals surface area contributed by atoms with Gasteiger partial charge in [0.05, 0.1) is 11.6 Å². The van der Waals surface area contributed by atoms with Gasteiger partial charge in [-0.1, -0.05) is 19.1 Å². The Hall–Kier alpha value is -2.21. The fourth-order valence-electron chi connectivity index (χ4n) is 1.82. The van der Waals surface area contributed by atoms with E-state index in [1.165, 1.54) is 0 Å². The molecule has 0 N–H and O–H groups in total. The van der Waals surface area contributed by atoms with Gasteiger partial charge >= 0.3 is 0 Å². The van der Waals surface area contributed by atoms with E-state index in [1.807, 2.05) is 32.0 Å². The first-order valence-corrected chi connectivity index (χ1v) is 5.50. The topological polar surface area (TPSA) is 49.6 Å². The van der Waals surface area contributed by atoms with Crippen LogP contribution < -0.4 is 0 Å². The number of aryl methyl sites for hydroxylation is 1. The lowest BCUT2D eigenvalue weighted by atomic mass is 9.94. The zero-order valence-electron chi connectivity index (χ0n) is 9.88. The van der Waals surface area contributed by atoms with Gasteiger partial charge in [0, 0.05) is 18.3 Å². The summed E-state index contributed by atoms with van der Waals surface area (Å²) in [5.41, 5.74) is 2.76. The number of hydrogen-bond donors (Lipinski definition) is 0. The fraction of sp³-hybridized carbons (Fsp3) is 0.214. The SMILES string of the molecule is Cc1ccc(C(C)c2ncccn2)c(C#N)c1. The highest BCUT2D eigenvalue weighted by atomic mass is 14.9. The van der Waals surface area contributed by atoms with E-state index in [0.29, 0.717) is 5.56 Å². The molecule has 0 amide bonds. The Bertz CT molecular complexity index is 555. The molecule has 2 aromatic rings. The van der Waals surface area contributed by atoms with Crippen LogP contribution in [0.1, 0.15) is 35.4 Å². The molecule has 84 valence electrons. The lowest BCUT2D eigenvalue weighted by Crippen LogP contribution is -2.04.